The van der Waals surface area contributed by atoms with Crippen LogP contribution in [0, 0.1) is 11.3 Å². The predicted octanol–water partition coefficient (Wildman–Crippen LogP) is 1.87. The van der Waals surface area contributed by atoms with E-state index in [-0.39, 0.29) is 23.8 Å². The van der Waals surface area contributed by atoms with E-state index in [4.69, 9.17) is 9.47 Å². The molecule has 252 valence electrons. The number of sulfonamides is 1. The SMILES string of the molecule is CS(=O)(=O)N1CCN(C2CCOCC2)CC(C(=O)NCCN2CCC3(CCCCCc4ccccc4OCCNC3=O)CC2)C1. The third-order valence-electron chi connectivity index (χ3n) is 10.3. The minimum Gasteiger partial charge on any atom is -0.491 e. The van der Waals surface area contributed by atoms with Crippen molar-refractivity contribution in [3.8, 4) is 5.75 Å². The van der Waals surface area contributed by atoms with Gasteiger partial charge in [-0.15, -0.1) is 0 Å². The molecular formula is C33H53N5O6S. The van der Waals surface area contributed by atoms with Crippen molar-refractivity contribution in [3.05, 3.63) is 29.8 Å². The van der Waals surface area contributed by atoms with Gasteiger partial charge in [0.2, 0.25) is 21.8 Å². The van der Waals surface area contributed by atoms with Crippen molar-refractivity contribution < 1.29 is 27.5 Å². The summed E-state index contributed by atoms with van der Waals surface area (Å²) in [5.74, 6) is 0.555. The largest absolute Gasteiger partial charge is 0.491 e. The zero-order valence-electron chi connectivity index (χ0n) is 27.0. The van der Waals surface area contributed by atoms with E-state index in [1.165, 1.54) is 16.1 Å². The first-order chi connectivity index (χ1) is 21.7. The lowest BCUT2D eigenvalue weighted by Crippen LogP contribution is -2.51. The van der Waals surface area contributed by atoms with Gasteiger partial charge in [-0.05, 0) is 69.7 Å². The first kappa shape index (κ1) is 34.1. The van der Waals surface area contributed by atoms with Crippen molar-refractivity contribution in [1.29, 1.82) is 0 Å². The van der Waals surface area contributed by atoms with Gasteiger partial charge in [-0.25, -0.2) is 12.7 Å². The number of aryl methyl sites for hydroxylation is 1. The molecule has 4 heterocycles. The summed E-state index contributed by atoms with van der Waals surface area (Å²) in [5.41, 5.74) is 0.880. The number of carbonyl (C=O) groups is 2. The lowest BCUT2D eigenvalue weighted by atomic mass is 9.73. The molecule has 1 atom stereocenters. The van der Waals surface area contributed by atoms with E-state index >= 15 is 0 Å². The molecule has 1 aromatic carbocycles. The smallest absolute Gasteiger partial charge is 0.226 e. The fraction of sp³-hybridized carbons (Fsp3) is 0.758. The Bertz CT molecular complexity index is 1230. The fourth-order valence-electron chi connectivity index (χ4n) is 7.45. The molecule has 4 aliphatic rings. The second-order valence-corrected chi connectivity index (χ2v) is 15.3. The average molecular weight is 648 g/mol. The molecule has 5 rings (SSSR count). The average Bonchev–Trinajstić information content (AvgIpc) is 3.28. The number of rotatable bonds is 6. The molecule has 4 aliphatic heterocycles. The number of piperidine rings is 1. The lowest BCUT2D eigenvalue weighted by Gasteiger charge is -2.41. The van der Waals surface area contributed by atoms with Crippen molar-refractivity contribution in [2.45, 2.75) is 63.8 Å². The number of fused-ring (bicyclic) bond motifs is 1. The van der Waals surface area contributed by atoms with Gasteiger partial charge in [0, 0.05) is 58.5 Å². The molecule has 45 heavy (non-hydrogen) atoms. The molecule has 11 nitrogen and oxygen atoms in total. The van der Waals surface area contributed by atoms with Gasteiger partial charge < -0.3 is 25.0 Å². The maximum Gasteiger partial charge on any atom is 0.226 e. The summed E-state index contributed by atoms with van der Waals surface area (Å²) in [6, 6.07) is 8.52. The van der Waals surface area contributed by atoms with Crippen LogP contribution < -0.4 is 15.4 Å². The van der Waals surface area contributed by atoms with Crippen LogP contribution in [0.4, 0.5) is 0 Å². The number of amides is 2. The van der Waals surface area contributed by atoms with Crippen LogP contribution in [0.1, 0.15) is 56.9 Å². The number of likely N-dealkylation sites (tertiary alicyclic amines) is 1. The van der Waals surface area contributed by atoms with Crippen molar-refractivity contribution in [1.82, 2.24) is 24.7 Å². The van der Waals surface area contributed by atoms with E-state index in [2.05, 4.69) is 32.6 Å². The molecule has 2 N–H and O–H groups in total. The van der Waals surface area contributed by atoms with Crippen LogP contribution in [0.25, 0.3) is 0 Å². The summed E-state index contributed by atoms with van der Waals surface area (Å²) in [6.45, 7) is 7.01. The Morgan fingerprint density at radius 3 is 2.56 bits per heavy atom. The second-order valence-electron chi connectivity index (χ2n) is 13.3. The maximum atomic E-state index is 13.5. The molecule has 0 aliphatic carbocycles. The van der Waals surface area contributed by atoms with Crippen LogP contribution in [0.2, 0.25) is 0 Å². The van der Waals surface area contributed by atoms with E-state index in [1.807, 2.05) is 12.1 Å². The van der Waals surface area contributed by atoms with Gasteiger partial charge >= 0.3 is 0 Å². The molecule has 2 amide bonds. The Kier molecular flexibility index (Phi) is 12.2. The number of nitrogens with one attached hydrogen (secondary N) is 2. The van der Waals surface area contributed by atoms with Gasteiger partial charge in [0.05, 0.1) is 24.1 Å². The summed E-state index contributed by atoms with van der Waals surface area (Å²) in [5, 5.41) is 6.29. The molecular weight excluding hydrogens is 594 g/mol. The summed E-state index contributed by atoms with van der Waals surface area (Å²) >= 11 is 0. The highest BCUT2D eigenvalue weighted by Gasteiger charge is 2.41. The minimum absolute atomic E-state index is 0.0879. The second kappa shape index (κ2) is 16.0. The van der Waals surface area contributed by atoms with Crippen molar-refractivity contribution in [3.63, 3.8) is 0 Å². The molecule has 0 radical (unpaired) electrons. The third kappa shape index (κ3) is 9.41. The summed E-state index contributed by atoms with van der Waals surface area (Å²) in [7, 11) is -3.40. The highest BCUT2D eigenvalue weighted by Crippen LogP contribution is 2.37. The molecule has 1 aromatic rings. The van der Waals surface area contributed by atoms with Gasteiger partial charge in [0.15, 0.2) is 0 Å². The molecule has 0 bridgehead atoms. The van der Waals surface area contributed by atoms with Crippen LogP contribution in [-0.2, 0) is 30.8 Å². The number of ether oxygens (including phenoxy) is 2. The molecule has 0 aromatic heterocycles. The Morgan fingerprint density at radius 1 is 1.00 bits per heavy atom. The summed E-state index contributed by atoms with van der Waals surface area (Å²) in [4.78, 5) is 31.5. The molecule has 1 unspecified atom stereocenters. The van der Waals surface area contributed by atoms with Gasteiger partial charge in [-0.1, -0.05) is 31.0 Å². The van der Waals surface area contributed by atoms with E-state index < -0.39 is 15.9 Å². The predicted molar refractivity (Wildman–Crippen MR) is 174 cm³/mol. The maximum absolute atomic E-state index is 13.5. The standard InChI is InChI=1S/C33H53N5O6S/c1-45(41,42)38-21-20-37(29-10-22-43-23-11-29)25-28(26-38)31(39)34-15-19-36-17-13-33(14-18-36)12-6-2-3-7-27-8-4-5-9-30(27)44-24-16-35-32(33)40/h4-5,8-9,28-29H,2-3,6-7,10-26H2,1H3,(H,34,39)(H,35,40). The number of benzene rings is 1. The number of nitrogens with zero attached hydrogens (tertiary/aromatic N) is 3. The van der Waals surface area contributed by atoms with Crippen LogP contribution in [-0.4, -0.2) is 125 Å². The fourth-order valence-corrected chi connectivity index (χ4v) is 8.32. The first-order valence-electron chi connectivity index (χ1n) is 17.0. The van der Waals surface area contributed by atoms with Gasteiger partial charge in [-0.2, -0.15) is 0 Å². The van der Waals surface area contributed by atoms with Crippen LogP contribution >= 0.6 is 0 Å². The van der Waals surface area contributed by atoms with Gasteiger partial charge in [-0.3, -0.25) is 14.5 Å². The first-order valence-corrected chi connectivity index (χ1v) is 18.8. The highest BCUT2D eigenvalue weighted by molar-refractivity contribution is 7.88. The molecule has 3 fully saturated rings. The van der Waals surface area contributed by atoms with Gasteiger partial charge in [0.25, 0.3) is 0 Å². The van der Waals surface area contributed by atoms with Crippen LogP contribution in [0.5, 0.6) is 5.75 Å². The Morgan fingerprint density at radius 2 is 1.78 bits per heavy atom. The molecule has 0 saturated carbocycles. The van der Waals surface area contributed by atoms with E-state index in [0.717, 1.165) is 76.6 Å². The molecule has 1 spiro atoms. The number of hydrogen-bond acceptors (Lipinski definition) is 8. The number of para-hydroxylation sites is 1. The topological polar surface area (TPSA) is 121 Å². The van der Waals surface area contributed by atoms with Gasteiger partial charge in [0.1, 0.15) is 12.4 Å². The zero-order chi connectivity index (χ0) is 31.7. The van der Waals surface area contributed by atoms with Crippen molar-refractivity contribution in [2.24, 2.45) is 11.3 Å². The number of carbonyl (C=O) groups excluding carboxylic acids is 2. The van der Waals surface area contributed by atoms with E-state index in [9.17, 15) is 18.0 Å². The normalized spacial score (nSPS) is 25.4. The third-order valence-corrected chi connectivity index (χ3v) is 11.6. The van der Waals surface area contributed by atoms with E-state index in [1.54, 1.807) is 0 Å². The Hall–Kier alpha value is -2.25. The summed E-state index contributed by atoms with van der Waals surface area (Å²) < 4.78 is 37.9. The minimum atomic E-state index is -3.40. The van der Waals surface area contributed by atoms with Crippen LogP contribution in [0.3, 0.4) is 0 Å². The van der Waals surface area contributed by atoms with E-state index in [0.29, 0.717) is 65.1 Å². The van der Waals surface area contributed by atoms with Crippen molar-refractivity contribution >= 4 is 21.8 Å². The Labute approximate surface area is 269 Å². The highest BCUT2D eigenvalue weighted by atomic mass is 32.2. The zero-order valence-corrected chi connectivity index (χ0v) is 27.8. The molecule has 12 heteroatoms. The summed E-state index contributed by atoms with van der Waals surface area (Å²) in [6.07, 6.45) is 9.74. The van der Waals surface area contributed by atoms with Crippen molar-refractivity contribution in [2.75, 3.05) is 85.0 Å². The number of hydrogen-bond donors (Lipinski definition) is 2. The quantitative estimate of drug-likeness (QED) is 0.481. The Balaban J connectivity index is 1.10. The monoisotopic (exact) mass is 647 g/mol. The molecule has 3 saturated heterocycles. The lowest BCUT2D eigenvalue weighted by molar-refractivity contribution is -0.134. The van der Waals surface area contributed by atoms with Crippen LogP contribution in [0.15, 0.2) is 24.3 Å².